The summed E-state index contributed by atoms with van der Waals surface area (Å²) >= 11 is 0. The molecule has 1 atom stereocenters. The van der Waals surface area contributed by atoms with Crippen molar-refractivity contribution >= 4 is 16.0 Å². The zero-order valence-corrected chi connectivity index (χ0v) is 11.7. The molecule has 7 heteroatoms. The second-order valence-corrected chi connectivity index (χ2v) is 8.01. The second-order valence-electron chi connectivity index (χ2n) is 6.04. The summed E-state index contributed by atoms with van der Waals surface area (Å²) in [7, 11) is -3.46. The molecule has 6 nitrogen and oxygen atoms in total. The van der Waals surface area contributed by atoms with Crippen LogP contribution in [0, 0.1) is 22.2 Å². The minimum Gasteiger partial charge on any atom is -0.481 e. The van der Waals surface area contributed by atoms with Crippen molar-refractivity contribution < 1.29 is 18.3 Å². The standard InChI is InChI=1S/C12H18N2O4S/c1-11(10(15)16)5-7-14(8-11)19(17,18)9-12(2-3-12)4-6-13/h2-5,7-9H2,1H3,(H,15,16). The molecule has 19 heavy (non-hydrogen) atoms. The number of nitrogens with zero attached hydrogens (tertiary/aromatic N) is 2. The SMILES string of the molecule is CC1(C(=O)O)CCN(S(=O)(=O)CC2(CC#N)CC2)C1. The van der Waals surface area contributed by atoms with Gasteiger partial charge in [0, 0.05) is 19.5 Å². The molecule has 2 rings (SSSR count). The van der Waals surface area contributed by atoms with E-state index in [9.17, 15) is 13.2 Å². The van der Waals surface area contributed by atoms with Crippen molar-refractivity contribution in [2.75, 3.05) is 18.8 Å². The van der Waals surface area contributed by atoms with E-state index in [0.29, 0.717) is 6.42 Å². The summed E-state index contributed by atoms with van der Waals surface area (Å²) in [4.78, 5) is 11.1. The second kappa shape index (κ2) is 4.46. The number of sulfonamides is 1. The number of carbonyl (C=O) groups is 1. The highest BCUT2D eigenvalue weighted by Crippen LogP contribution is 2.50. The van der Waals surface area contributed by atoms with Crippen LogP contribution in [0.1, 0.15) is 32.6 Å². The average Bonchev–Trinajstić information content (AvgIpc) is 2.89. The molecule has 106 valence electrons. The highest BCUT2D eigenvalue weighted by atomic mass is 32.2. The van der Waals surface area contributed by atoms with E-state index in [1.165, 1.54) is 4.31 Å². The maximum absolute atomic E-state index is 12.3. The molecule has 2 aliphatic rings. The molecule has 0 radical (unpaired) electrons. The first kappa shape index (κ1) is 14.3. The van der Waals surface area contributed by atoms with Gasteiger partial charge in [-0.25, -0.2) is 12.7 Å². The summed E-state index contributed by atoms with van der Waals surface area (Å²) in [5, 5.41) is 17.8. The van der Waals surface area contributed by atoms with Gasteiger partial charge in [0.15, 0.2) is 0 Å². The normalized spacial score (nSPS) is 29.9. The van der Waals surface area contributed by atoms with Crippen molar-refractivity contribution in [2.45, 2.75) is 32.6 Å². The fraction of sp³-hybridized carbons (Fsp3) is 0.833. The number of carboxylic acids is 1. The fourth-order valence-electron chi connectivity index (χ4n) is 2.53. The molecule has 2 fully saturated rings. The van der Waals surface area contributed by atoms with E-state index in [-0.39, 0.29) is 30.7 Å². The zero-order valence-electron chi connectivity index (χ0n) is 10.9. The van der Waals surface area contributed by atoms with Gasteiger partial charge in [-0.3, -0.25) is 4.79 Å². The minimum atomic E-state index is -3.46. The van der Waals surface area contributed by atoms with Crippen LogP contribution in [0.2, 0.25) is 0 Å². The summed E-state index contributed by atoms with van der Waals surface area (Å²) in [6.45, 7) is 1.87. The molecule has 1 saturated carbocycles. The van der Waals surface area contributed by atoms with Gasteiger partial charge in [0.2, 0.25) is 10.0 Å². The summed E-state index contributed by atoms with van der Waals surface area (Å²) < 4.78 is 25.9. The van der Waals surface area contributed by atoms with Crippen LogP contribution in [0.3, 0.4) is 0 Å². The van der Waals surface area contributed by atoms with Gasteiger partial charge in [-0.2, -0.15) is 5.26 Å². The lowest BCUT2D eigenvalue weighted by atomic mass is 9.90. The van der Waals surface area contributed by atoms with Gasteiger partial charge in [-0.05, 0) is 31.6 Å². The lowest BCUT2D eigenvalue weighted by molar-refractivity contribution is -0.146. The summed E-state index contributed by atoms with van der Waals surface area (Å²) in [5.74, 6) is -0.980. The number of rotatable bonds is 5. The third-order valence-electron chi connectivity index (χ3n) is 4.25. The van der Waals surface area contributed by atoms with Crippen molar-refractivity contribution in [3.05, 3.63) is 0 Å². The maximum atomic E-state index is 12.3. The van der Waals surface area contributed by atoms with Crippen LogP contribution < -0.4 is 0 Å². The molecular formula is C12H18N2O4S. The van der Waals surface area contributed by atoms with Gasteiger partial charge in [-0.15, -0.1) is 0 Å². The maximum Gasteiger partial charge on any atom is 0.310 e. The first-order chi connectivity index (χ1) is 8.73. The van der Waals surface area contributed by atoms with Crippen LogP contribution in [-0.4, -0.2) is 42.6 Å². The third kappa shape index (κ3) is 2.74. The lowest BCUT2D eigenvalue weighted by Gasteiger charge is -2.22. The number of carboxylic acid groups (broad SMARTS) is 1. The minimum absolute atomic E-state index is 0.0245. The molecule has 0 aromatic heterocycles. The Balaban J connectivity index is 2.07. The van der Waals surface area contributed by atoms with Crippen LogP contribution in [0.5, 0.6) is 0 Å². The number of aliphatic carboxylic acids is 1. The topological polar surface area (TPSA) is 98.5 Å². The van der Waals surface area contributed by atoms with Crippen LogP contribution in [0.4, 0.5) is 0 Å². The van der Waals surface area contributed by atoms with Gasteiger partial charge in [0.05, 0.1) is 17.2 Å². The van der Waals surface area contributed by atoms with E-state index < -0.39 is 21.4 Å². The van der Waals surface area contributed by atoms with E-state index in [0.717, 1.165) is 12.8 Å². The first-order valence-electron chi connectivity index (χ1n) is 6.31. The van der Waals surface area contributed by atoms with E-state index in [1.54, 1.807) is 6.92 Å². The largest absolute Gasteiger partial charge is 0.481 e. The number of hydrogen-bond donors (Lipinski definition) is 1. The monoisotopic (exact) mass is 286 g/mol. The smallest absolute Gasteiger partial charge is 0.310 e. The molecule has 0 spiro atoms. The number of nitriles is 1. The van der Waals surface area contributed by atoms with Crippen LogP contribution in [-0.2, 0) is 14.8 Å². The Morgan fingerprint density at radius 1 is 1.42 bits per heavy atom. The Morgan fingerprint density at radius 2 is 2.05 bits per heavy atom. The Bertz CT molecular complexity index is 532. The van der Waals surface area contributed by atoms with Gasteiger partial charge in [-0.1, -0.05) is 0 Å². The van der Waals surface area contributed by atoms with E-state index in [4.69, 9.17) is 10.4 Å². The average molecular weight is 286 g/mol. The summed E-state index contributed by atoms with van der Waals surface area (Å²) in [5.41, 5.74) is -1.37. The van der Waals surface area contributed by atoms with Gasteiger partial charge < -0.3 is 5.11 Å². The van der Waals surface area contributed by atoms with Gasteiger partial charge in [0.1, 0.15) is 0 Å². The van der Waals surface area contributed by atoms with Crippen molar-refractivity contribution in [2.24, 2.45) is 10.8 Å². The van der Waals surface area contributed by atoms with Gasteiger partial charge >= 0.3 is 5.97 Å². The zero-order chi connectivity index (χ0) is 14.3. The molecular weight excluding hydrogens is 268 g/mol. The van der Waals surface area contributed by atoms with Crippen molar-refractivity contribution in [1.29, 1.82) is 5.26 Å². The predicted octanol–water partition coefficient (Wildman–Crippen LogP) is 0.807. The molecule has 1 aliphatic carbocycles. The fourth-order valence-corrected chi connectivity index (χ4v) is 4.72. The molecule has 0 aromatic carbocycles. The predicted molar refractivity (Wildman–Crippen MR) is 67.6 cm³/mol. The number of hydrogen-bond acceptors (Lipinski definition) is 4. The van der Waals surface area contributed by atoms with Crippen LogP contribution in [0.25, 0.3) is 0 Å². The Morgan fingerprint density at radius 3 is 2.47 bits per heavy atom. The van der Waals surface area contributed by atoms with Crippen LogP contribution in [0.15, 0.2) is 0 Å². The highest BCUT2D eigenvalue weighted by Gasteiger charge is 2.50. The van der Waals surface area contributed by atoms with Crippen molar-refractivity contribution in [3.63, 3.8) is 0 Å². The Hall–Kier alpha value is -1.13. The highest BCUT2D eigenvalue weighted by molar-refractivity contribution is 7.89. The molecule has 1 heterocycles. The lowest BCUT2D eigenvalue weighted by Crippen LogP contribution is -2.37. The molecule has 0 amide bonds. The quantitative estimate of drug-likeness (QED) is 0.806. The molecule has 1 aliphatic heterocycles. The molecule has 1 unspecified atom stereocenters. The third-order valence-corrected chi connectivity index (χ3v) is 6.32. The Labute approximate surface area is 113 Å². The molecule has 0 bridgehead atoms. The molecule has 1 N–H and O–H groups in total. The molecule has 1 saturated heterocycles. The van der Waals surface area contributed by atoms with E-state index in [2.05, 4.69) is 0 Å². The van der Waals surface area contributed by atoms with Crippen LogP contribution >= 0.6 is 0 Å². The first-order valence-corrected chi connectivity index (χ1v) is 7.92. The summed E-state index contributed by atoms with van der Waals surface area (Å²) in [6, 6.07) is 2.04. The van der Waals surface area contributed by atoms with Crippen molar-refractivity contribution in [1.82, 2.24) is 4.31 Å². The molecule has 0 aromatic rings. The van der Waals surface area contributed by atoms with Crippen molar-refractivity contribution in [3.8, 4) is 6.07 Å². The van der Waals surface area contributed by atoms with E-state index in [1.807, 2.05) is 6.07 Å². The Kier molecular flexibility index (Phi) is 3.35. The van der Waals surface area contributed by atoms with E-state index >= 15 is 0 Å². The van der Waals surface area contributed by atoms with Gasteiger partial charge in [0.25, 0.3) is 0 Å². The summed E-state index contributed by atoms with van der Waals surface area (Å²) in [6.07, 6.45) is 2.14.